The lowest BCUT2D eigenvalue weighted by molar-refractivity contribution is -0.115. The molecule has 0 spiro atoms. The van der Waals surface area contributed by atoms with E-state index in [9.17, 15) is 4.79 Å². The fourth-order valence-electron chi connectivity index (χ4n) is 2.70. The number of carbonyl (C=O) groups is 1. The zero-order chi connectivity index (χ0) is 21.7. The van der Waals surface area contributed by atoms with Crippen LogP contribution in [-0.4, -0.2) is 26.1 Å². The lowest BCUT2D eigenvalue weighted by Gasteiger charge is -2.18. The molecule has 0 saturated heterocycles. The van der Waals surface area contributed by atoms with Gasteiger partial charge in [0.25, 0.3) is 0 Å². The maximum absolute atomic E-state index is 12.7. The van der Waals surface area contributed by atoms with Crippen molar-refractivity contribution in [2.75, 3.05) is 16.4 Å². The predicted molar refractivity (Wildman–Crippen MR) is 124 cm³/mol. The van der Waals surface area contributed by atoms with Gasteiger partial charge in [0.1, 0.15) is 5.82 Å². The van der Waals surface area contributed by atoms with Crippen molar-refractivity contribution in [1.29, 1.82) is 0 Å². The van der Waals surface area contributed by atoms with Crippen LogP contribution in [0.3, 0.4) is 0 Å². The van der Waals surface area contributed by atoms with Crippen molar-refractivity contribution in [3.8, 4) is 0 Å². The second-order valence-corrected chi connectivity index (χ2v) is 8.78. The van der Waals surface area contributed by atoms with Crippen LogP contribution in [0.5, 0.6) is 0 Å². The first-order chi connectivity index (χ1) is 14.3. The molecule has 0 saturated carbocycles. The number of carbonyl (C=O) groups excluding carboxylic acids is 1. The van der Waals surface area contributed by atoms with Gasteiger partial charge in [-0.15, -0.1) is 11.8 Å². The van der Waals surface area contributed by atoms with Gasteiger partial charge in [-0.2, -0.15) is 15.0 Å². The smallest absolute Gasteiger partial charge is 0.237 e. The number of rotatable bonds is 7. The number of benzene rings is 2. The van der Waals surface area contributed by atoms with Crippen LogP contribution >= 0.6 is 23.4 Å². The molecule has 0 aliphatic heterocycles. The summed E-state index contributed by atoms with van der Waals surface area (Å²) in [6.45, 7) is 5.64. The first kappa shape index (κ1) is 21.9. The average molecular weight is 443 g/mol. The van der Waals surface area contributed by atoms with E-state index in [0.29, 0.717) is 22.5 Å². The minimum atomic E-state index is -0.345. The van der Waals surface area contributed by atoms with Crippen LogP contribution in [0.15, 0.2) is 48.5 Å². The number of anilines is 4. The van der Waals surface area contributed by atoms with Gasteiger partial charge in [0, 0.05) is 16.4 Å². The highest BCUT2D eigenvalue weighted by atomic mass is 35.5. The van der Waals surface area contributed by atoms with E-state index in [-0.39, 0.29) is 22.4 Å². The second kappa shape index (κ2) is 9.77. The molecule has 1 aromatic heterocycles. The quantitative estimate of drug-likeness (QED) is 0.473. The third kappa shape index (κ3) is 5.61. The van der Waals surface area contributed by atoms with Crippen LogP contribution < -0.4 is 16.4 Å². The summed E-state index contributed by atoms with van der Waals surface area (Å²) < 4.78 is 0. The van der Waals surface area contributed by atoms with E-state index in [4.69, 9.17) is 17.3 Å². The molecule has 2 atom stereocenters. The van der Waals surface area contributed by atoms with E-state index in [1.54, 1.807) is 12.1 Å². The number of para-hydroxylation sites is 1. The Morgan fingerprint density at radius 1 is 1.07 bits per heavy atom. The van der Waals surface area contributed by atoms with Crippen molar-refractivity contribution < 1.29 is 4.79 Å². The van der Waals surface area contributed by atoms with E-state index in [1.165, 1.54) is 11.8 Å². The first-order valence-electron chi connectivity index (χ1n) is 9.38. The van der Waals surface area contributed by atoms with Gasteiger partial charge in [-0.3, -0.25) is 4.79 Å². The maximum Gasteiger partial charge on any atom is 0.237 e. The van der Waals surface area contributed by atoms with Crippen molar-refractivity contribution in [2.24, 2.45) is 0 Å². The average Bonchev–Trinajstić information content (AvgIpc) is 2.71. The van der Waals surface area contributed by atoms with Gasteiger partial charge in [0.15, 0.2) is 0 Å². The summed E-state index contributed by atoms with van der Waals surface area (Å²) in [7, 11) is 0. The molecule has 4 N–H and O–H groups in total. The largest absolute Gasteiger partial charge is 0.368 e. The molecule has 0 unspecified atom stereocenters. The number of thioether (sulfide) groups is 1. The van der Waals surface area contributed by atoms with Crippen LogP contribution in [-0.2, 0) is 4.79 Å². The number of amides is 1. The van der Waals surface area contributed by atoms with Gasteiger partial charge in [0.05, 0.1) is 10.5 Å². The number of halogens is 1. The highest BCUT2D eigenvalue weighted by molar-refractivity contribution is 8.00. The van der Waals surface area contributed by atoms with E-state index in [1.807, 2.05) is 57.2 Å². The topological polar surface area (TPSA) is 106 Å². The van der Waals surface area contributed by atoms with Crippen LogP contribution in [0.4, 0.5) is 23.3 Å². The molecule has 3 rings (SSSR count). The van der Waals surface area contributed by atoms with Gasteiger partial charge in [-0.25, -0.2) is 0 Å². The van der Waals surface area contributed by atoms with Gasteiger partial charge in [0.2, 0.25) is 17.8 Å². The number of nitrogens with zero attached hydrogens (tertiary/aromatic N) is 3. The molecule has 30 heavy (non-hydrogen) atoms. The molecule has 7 nitrogen and oxygen atoms in total. The predicted octanol–water partition coefficient (Wildman–Crippen LogP) is 4.98. The highest BCUT2D eigenvalue weighted by Gasteiger charge is 2.21. The minimum absolute atomic E-state index is 0.123. The third-order valence-electron chi connectivity index (χ3n) is 4.37. The van der Waals surface area contributed by atoms with Gasteiger partial charge >= 0.3 is 0 Å². The van der Waals surface area contributed by atoms with Crippen molar-refractivity contribution >= 4 is 52.5 Å². The van der Waals surface area contributed by atoms with Gasteiger partial charge < -0.3 is 16.4 Å². The summed E-state index contributed by atoms with van der Waals surface area (Å²) in [5, 5.41) is 6.14. The van der Waals surface area contributed by atoms with Crippen LogP contribution in [0.1, 0.15) is 30.5 Å². The molecule has 2 aromatic carbocycles. The normalized spacial score (nSPS) is 12.8. The molecule has 1 amide bonds. The highest BCUT2D eigenvalue weighted by Crippen LogP contribution is 2.32. The molecule has 3 aromatic rings. The monoisotopic (exact) mass is 442 g/mol. The Hall–Kier alpha value is -2.84. The minimum Gasteiger partial charge on any atom is -0.368 e. The molecule has 0 bridgehead atoms. The first-order valence-corrected chi connectivity index (χ1v) is 10.7. The van der Waals surface area contributed by atoms with Crippen molar-refractivity contribution in [3.05, 3.63) is 64.9 Å². The Kier molecular flexibility index (Phi) is 7.12. The lowest BCUT2D eigenvalue weighted by atomic mass is 10.2. The standard InChI is InChI=1S/C21H23ClN6OS/c1-12-16(22)10-7-11-17(12)25-19(29)14(3)30-13(2)18-26-20(23)28-21(27-18)24-15-8-5-4-6-9-15/h4-11,13-14H,1-3H3,(H,25,29)(H3,23,24,26,27,28)/t13-,14+/m1/s1. The van der Waals surface area contributed by atoms with E-state index < -0.39 is 0 Å². The Bertz CT molecular complexity index is 1030. The Labute approximate surface area is 184 Å². The van der Waals surface area contributed by atoms with E-state index in [0.717, 1.165) is 11.3 Å². The van der Waals surface area contributed by atoms with Crippen LogP contribution in [0.25, 0.3) is 0 Å². The van der Waals surface area contributed by atoms with Gasteiger partial charge in [-0.05, 0) is 50.6 Å². The molecule has 0 aliphatic carbocycles. The summed E-state index contributed by atoms with van der Waals surface area (Å²) >= 11 is 7.56. The number of aromatic nitrogens is 3. The molecule has 0 radical (unpaired) electrons. The summed E-state index contributed by atoms with van der Waals surface area (Å²) in [4.78, 5) is 25.5. The SMILES string of the molecule is Cc1c(Cl)cccc1NC(=O)[C@H](C)S[C@H](C)c1nc(N)nc(Nc2ccccc2)n1. The number of nitrogens with one attached hydrogen (secondary N) is 2. The molecule has 0 aliphatic rings. The van der Waals surface area contributed by atoms with E-state index >= 15 is 0 Å². The fraction of sp³-hybridized carbons (Fsp3) is 0.238. The second-order valence-electron chi connectivity index (χ2n) is 6.69. The van der Waals surface area contributed by atoms with E-state index in [2.05, 4.69) is 25.6 Å². The van der Waals surface area contributed by atoms with Crippen molar-refractivity contribution in [1.82, 2.24) is 15.0 Å². The summed E-state index contributed by atoms with van der Waals surface area (Å²) in [5.74, 6) is 0.867. The van der Waals surface area contributed by atoms with Crippen molar-refractivity contribution in [3.63, 3.8) is 0 Å². The summed E-state index contributed by atoms with van der Waals surface area (Å²) in [6, 6.07) is 15.0. The Morgan fingerprint density at radius 3 is 2.53 bits per heavy atom. The molecule has 1 heterocycles. The van der Waals surface area contributed by atoms with Crippen LogP contribution in [0, 0.1) is 6.92 Å². The fourth-order valence-corrected chi connectivity index (χ4v) is 3.90. The molecular formula is C21H23ClN6OS. The number of hydrogen-bond acceptors (Lipinski definition) is 7. The van der Waals surface area contributed by atoms with Gasteiger partial charge in [-0.1, -0.05) is 35.9 Å². The maximum atomic E-state index is 12.7. The van der Waals surface area contributed by atoms with Crippen LogP contribution in [0.2, 0.25) is 5.02 Å². The lowest BCUT2D eigenvalue weighted by Crippen LogP contribution is -2.24. The molecule has 0 fully saturated rings. The Morgan fingerprint density at radius 2 is 1.80 bits per heavy atom. The third-order valence-corrected chi connectivity index (χ3v) is 6.02. The Balaban J connectivity index is 1.68. The number of nitrogen functional groups attached to an aromatic ring is 1. The number of nitrogens with two attached hydrogens (primary N) is 1. The molecule has 156 valence electrons. The number of hydrogen-bond donors (Lipinski definition) is 3. The van der Waals surface area contributed by atoms with Crippen molar-refractivity contribution in [2.45, 2.75) is 31.3 Å². The molecule has 9 heteroatoms. The zero-order valence-electron chi connectivity index (χ0n) is 16.9. The molecular weight excluding hydrogens is 420 g/mol. The zero-order valence-corrected chi connectivity index (χ0v) is 18.5. The summed E-state index contributed by atoms with van der Waals surface area (Å²) in [6.07, 6.45) is 0. The summed E-state index contributed by atoms with van der Waals surface area (Å²) in [5.41, 5.74) is 8.25.